The molecule has 0 atom stereocenters. The Hall–Kier alpha value is -1.91. The first kappa shape index (κ1) is 12.1. The number of aromatic nitrogens is 1. The Bertz CT molecular complexity index is 817. The fourth-order valence-electron chi connectivity index (χ4n) is 1.88. The predicted molar refractivity (Wildman–Crippen MR) is 77.3 cm³/mol. The molecule has 0 bridgehead atoms. The molecule has 0 fully saturated rings. The SMILES string of the molecule is O=C(c1ccc(Cl)cc1)n1c(=O)sc2ccccc21. The maximum absolute atomic E-state index is 12.4. The molecule has 0 radical (unpaired) electrons. The van der Waals surface area contributed by atoms with Gasteiger partial charge in [-0.15, -0.1) is 0 Å². The topological polar surface area (TPSA) is 39.1 Å². The number of benzene rings is 2. The van der Waals surface area contributed by atoms with Gasteiger partial charge in [-0.05, 0) is 36.4 Å². The molecular weight excluding hydrogens is 282 g/mol. The maximum Gasteiger partial charge on any atom is 0.315 e. The van der Waals surface area contributed by atoms with Gasteiger partial charge in [-0.3, -0.25) is 9.59 Å². The molecule has 0 N–H and O–H groups in total. The minimum Gasteiger partial charge on any atom is -0.268 e. The average Bonchev–Trinajstić information content (AvgIpc) is 2.74. The van der Waals surface area contributed by atoms with Crippen LogP contribution in [0.3, 0.4) is 0 Å². The van der Waals surface area contributed by atoms with Crippen LogP contribution in [0.15, 0.2) is 53.3 Å². The Morgan fingerprint density at radius 3 is 2.47 bits per heavy atom. The summed E-state index contributed by atoms with van der Waals surface area (Å²) in [6.07, 6.45) is 0. The van der Waals surface area contributed by atoms with Crippen LogP contribution in [-0.2, 0) is 0 Å². The van der Waals surface area contributed by atoms with Crippen LogP contribution in [0.25, 0.3) is 10.2 Å². The van der Waals surface area contributed by atoms with Gasteiger partial charge in [-0.2, -0.15) is 0 Å². The van der Waals surface area contributed by atoms with E-state index in [1.807, 2.05) is 12.1 Å². The van der Waals surface area contributed by atoms with Gasteiger partial charge in [0.1, 0.15) is 0 Å². The van der Waals surface area contributed by atoms with Gasteiger partial charge in [0, 0.05) is 10.6 Å². The Morgan fingerprint density at radius 2 is 1.74 bits per heavy atom. The lowest BCUT2D eigenvalue weighted by Crippen LogP contribution is -2.22. The molecule has 3 nitrogen and oxygen atoms in total. The highest BCUT2D eigenvalue weighted by Gasteiger charge is 2.15. The molecule has 0 aliphatic rings. The molecule has 0 saturated carbocycles. The first-order valence-corrected chi connectivity index (χ1v) is 6.77. The van der Waals surface area contributed by atoms with Crippen LogP contribution in [0.1, 0.15) is 10.4 Å². The first-order valence-electron chi connectivity index (χ1n) is 5.58. The second-order valence-corrected chi connectivity index (χ2v) is 5.41. The van der Waals surface area contributed by atoms with Crippen LogP contribution in [0.2, 0.25) is 5.02 Å². The van der Waals surface area contributed by atoms with E-state index in [2.05, 4.69) is 0 Å². The zero-order chi connectivity index (χ0) is 13.4. The summed E-state index contributed by atoms with van der Waals surface area (Å²) in [6, 6.07) is 13.7. The van der Waals surface area contributed by atoms with E-state index in [0.717, 1.165) is 16.0 Å². The molecule has 0 spiro atoms. The predicted octanol–water partition coefficient (Wildman–Crippen LogP) is 3.40. The fraction of sp³-hybridized carbons (Fsp3) is 0. The van der Waals surface area contributed by atoms with Crippen molar-refractivity contribution in [2.24, 2.45) is 0 Å². The highest BCUT2D eigenvalue weighted by atomic mass is 35.5. The number of nitrogens with zero attached hydrogens (tertiary/aromatic N) is 1. The van der Waals surface area contributed by atoms with Crippen molar-refractivity contribution in [3.8, 4) is 0 Å². The monoisotopic (exact) mass is 289 g/mol. The summed E-state index contributed by atoms with van der Waals surface area (Å²) in [5, 5.41) is 0.555. The number of carbonyl (C=O) groups is 1. The zero-order valence-corrected chi connectivity index (χ0v) is 11.2. The molecule has 2 aromatic carbocycles. The van der Waals surface area contributed by atoms with Crippen LogP contribution in [0, 0.1) is 0 Å². The maximum atomic E-state index is 12.4. The molecule has 1 aromatic heterocycles. The third kappa shape index (κ3) is 2.09. The number of fused-ring (bicyclic) bond motifs is 1. The van der Waals surface area contributed by atoms with Gasteiger partial charge in [-0.1, -0.05) is 35.1 Å². The summed E-state index contributed by atoms with van der Waals surface area (Å²) in [6.45, 7) is 0. The first-order chi connectivity index (χ1) is 9.16. The van der Waals surface area contributed by atoms with Crippen LogP contribution in [0.5, 0.6) is 0 Å². The van der Waals surface area contributed by atoms with Gasteiger partial charge in [0.15, 0.2) is 0 Å². The van der Waals surface area contributed by atoms with Crippen LogP contribution in [-0.4, -0.2) is 10.5 Å². The highest BCUT2D eigenvalue weighted by Crippen LogP contribution is 2.18. The molecule has 3 aromatic rings. The van der Waals surface area contributed by atoms with Crippen LogP contribution < -0.4 is 4.87 Å². The third-order valence-electron chi connectivity index (χ3n) is 2.78. The number of halogens is 1. The lowest BCUT2D eigenvalue weighted by Gasteiger charge is -2.02. The van der Waals surface area contributed by atoms with E-state index < -0.39 is 0 Å². The second kappa shape index (κ2) is 4.64. The van der Waals surface area contributed by atoms with Crippen molar-refractivity contribution in [1.29, 1.82) is 0 Å². The van der Waals surface area contributed by atoms with Gasteiger partial charge in [0.05, 0.1) is 10.2 Å². The molecule has 94 valence electrons. The van der Waals surface area contributed by atoms with Gasteiger partial charge < -0.3 is 0 Å². The lowest BCUT2D eigenvalue weighted by atomic mass is 10.2. The zero-order valence-electron chi connectivity index (χ0n) is 9.67. The highest BCUT2D eigenvalue weighted by molar-refractivity contribution is 7.16. The summed E-state index contributed by atoms with van der Waals surface area (Å²) < 4.78 is 2.00. The standard InChI is InChI=1S/C14H8ClNO2S/c15-10-7-5-9(6-8-10)13(17)16-11-3-1-2-4-12(11)19-14(16)18/h1-8H. The van der Waals surface area contributed by atoms with Gasteiger partial charge in [0.25, 0.3) is 5.91 Å². The third-order valence-corrected chi connectivity index (χ3v) is 3.95. The van der Waals surface area contributed by atoms with Crippen LogP contribution in [0.4, 0.5) is 0 Å². The molecule has 0 aliphatic carbocycles. The summed E-state index contributed by atoms with van der Waals surface area (Å²) in [4.78, 5) is 24.1. The van der Waals surface area contributed by atoms with E-state index in [1.165, 1.54) is 4.57 Å². The lowest BCUT2D eigenvalue weighted by molar-refractivity contribution is 0.0962. The minimum absolute atomic E-state index is 0.277. The molecule has 19 heavy (non-hydrogen) atoms. The molecule has 0 unspecified atom stereocenters. The van der Waals surface area contributed by atoms with Crippen molar-refractivity contribution in [2.45, 2.75) is 0 Å². The number of hydrogen-bond acceptors (Lipinski definition) is 3. The molecule has 0 aliphatic heterocycles. The minimum atomic E-state index is -0.334. The van der Waals surface area contributed by atoms with Crippen molar-refractivity contribution in [1.82, 2.24) is 4.57 Å². The van der Waals surface area contributed by atoms with Gasteiger partial charge in [0.2, 0.25) is 0 Å². The van der Waals surface area contributed by atoms with E-state index in [-0.39, 0.29) is 10.8 Å². The van der Waals surface area contributed by atoms with Crippen molar-refractivity contribution in [3.05, 3.63) is 68.8 Å². The Labute approximate surface area is 117 Å². The van der Waals surface area contributed by atoms with Gasteiger partial charge >= 0.3 is 4.87 Å². The van der Waals surface area contributed by atoms with Crippen LogP contribution >= 0.6 is 22.9 Å². The number of rotatable bonds is 1. The molecule has 1 heterocycles. The average molecular weight is 290 g/mol. The molecule has 5 heteroatoms. The summed E-state index contributed by atoms with van der Waals surface area (Å²) >= 11 is 6.86. The van der Waals surface area contributed by atoms with Crippen molar-refractivity contribution < 1.29 is 4.79 Å². The number of para-hydroxylation sites is 1. The van der Waals surface area contributed by atoms with E-state index >= 15 is 0 Å². The van der Waals surface area contributed by atoms with Gasteiger partial charge in [-0.25, -0.2) is 4.57 Å². The Balaban J connectivity index is 2.19. The van der Waals surface area contributed by atoms with Crippen molar-refractivity contribution >= 4 is 39.1 Å². The largest absolute Gasteiger partial charge is 0.315 e. The summed E-state index contributed by atoms with van der Waals surface area (Å²) in [5.74, 6) is -0.334. The second-order valence-electron chi connectivity index (χ2n) is 3.98. The normalized spacial score (nSPS) is 10.8. The van der Waals surface area contributed by atoms with Crippen molar-refractivity contribution in [2.75, 3.05) is 0 Å². The number of thiazole rings is 1. The van der Waals surface area contributed by atoms with E-state index in [9.17, 15) is 9.59 Å². The fourth-order valence-corrected chi connectivity index (χ4v) is 2.88. The van der Waals surface area contributed by atoms with E-state index in [4.69, 9.17) is 11.6 Å². The smallest absolute Gasteiger partial charge is 0.268 e. The number of carbonyl (C=O) groups excluding carboxylic acids is 1. The Kier molecular flexibility index (Phi) is 2.97. The quantitative estimate of drug-likeness (QED) is 0.689. The summed E-state index contributed by atoms with van der Waals surface area (Å²) in [7, 11) is 0. The molecule has 0 saturated heterocycles. The van der Waals surface area contributed by atoms with Crippen molar-refractivity contribution in [3.63, 3.8) is 0 Å². The van der Waals surface area contributed by atoms with E-state index in [0.29, 0.717) is 16.1 Å². The molecule has 3 rings (SSSR count). The molecule has 0 amide bonds. The summed E-state index contributed by atoms with van der Waals surface area (Å²) in [5.41, 5.74) is 1.08. The van der Waals surface area contributed by atoms with E-state index in [1.54, 1.807) is 36.4 Å². The Morgan fingerprint density at radius 1 is 1.05 bits per heavy atom. The molecular formula is C14H8ClNO2S. The number of hydrogen-bond donors (Lipinski definition) is 0.